The lowest BCUT2D eigenvalue weighted by atomic mass is 10.1. The van der Waals surface area contributed by atoms with E-state index in [1.165, 1.54) is 11.8 Å². The average Bonchev–Trinajstić information content (AvgIpc) is 3.01. The Labute approximate surface area is 143 Å². The highest BCUT2D eigenvalue weighted by Gasteiger charge is 2.24. The van der Waals surface area contributed by atoms with Gasteiger partial charge >= 0.3 is 0 Å². The molecule has 1 aliphatic rings. The molecule has 1 aliphatic heterocycles. The second kappa shape index (κ2) is 7.48. The Morgan fingerprint density at radius 3 is 3.04 bits per heavy atom. The second-order valence-electron chi connectivity index (χ2n) is 5.47. The van der Waals surface area contributed by atoms with Crippen LogP contribution in [0.4, 0.5) is 0 Å². The number of piperidine rings is 1. The van der Waals surface area contributed by atoms with Crippen LogP contribution >= 0.6 is 11.8 Å². The number of rotatable bonds is 5. The van der Waals surface area contributed by atoms with Crippen molar-refractivity contribution in [2.45, 2.75) is 36.5 Å². The van der Waals surface area contributed by atoms with E-state index in [2.05, 4.69) is 20.8 Å². The number of hydrogen-bond donors (Lipinski definition) is 2. The first kappa shape index (κ1) is 16.5. The summed E-state index contributed by atoms with van der Waals surface area (Å²) in [6, 6.07) is 6.82. The zero-order valence-corrected chi connectivity index (χ0v) is 14.1. The van der Waals surface area contributed by atoms with Crippen molar-refractivity contribution < 1.29 is 14.1 Å². The Morgan fingerprint density at radius 2 is 2.29 bits per heavy atom. The number of aryl methyl sites for hydroxylation is 1. The molecule has 2 aromatic rings. The third-order valence-electron chi connectivity index (χ3n) is 3.65. The lowest BCUT2D eigenvalue weighted by Gasteiger charge is -2.23. The van der Waals surface area contributed by atoms with Gasteiger partial charge in [-0.3, -0.25) is 9.59 Å². The molecule has 0 saturated carbocycles. The molecule has 0 aliphatic carbocycles. The van der Waals surface area contributed by atoms with Gasteiger partial charge in [0.1, 0.15) is 6.04 Å². The number of amides is 2. The highest BCUT2D eigenvalue weighted by atomic mass is 32.2. The van der Waals surface area contributed by atoms with E-state index < -0.39 is 6.04 Å². The summed E-state index contributed by atoms with van der Waals surface area (Å²) in [7, 11) is 0. The molecular formula is C16H18N4O3S. The van der Waals surface area contributed by atoms with Crippen molar-refractivity contribution in [1.29, 1.82) is 0 Å². The normalized spacial score (nSPS) is 17.4. The molecule has 0 unspecified atom stereocenters. The largest absolute Gasteiger partial charge is 0.354 e. The minimum absolute atomic E-state index is 0.123. The Bertz CT molecular complexity index is 746. The van der Waals surface area contributed by atoms with Gasteiger partial charge < -0.3 is 15.2 Å². The van der Waals surface area contributed by atoms with E-state index in [0.717, 1.165) is 11.3 Å². The smallest absolute Gasteiger partial charge is 0.253 e. The van der Waals surface area contributed by atoms with E-state index >= 15 is 0 Å². The van der Waals surface area contributed by atoms with E-state index in [1.54, 1.807) is 19.1 Å². The molecule has 7 nitrogen and oxygen atoms in total. The first-order valence-electron chi connectivity index (χ1n) is 7.73. The summed E-state index contributed by atoms with van der Waals surface area (Å²) in [5.74, 6) is 1.23. The zero-order valence-electron chi connectivity index (χ0n) is 13.2. The zero-order chi connectivity index (χ0) is 16.9. The highest BCUT2D eigenvalue weighted by Crippen LogP contribution is 2.25. The summed E-state index contributed by atoms with van der Waals surface area (Å²) in [6.07, 6.45) is 1.53. The maximum Gasteiger partial charge on any atom is 0.253 e. The van der Waals surface area contributed by atoms with Crippen LogP contribution in [0.5, 0.6) is 0 Å². The van der Waals surface area contributed by atoms with Crippen molar-refractivity contribution in [3.8, 4) is 0 Å². The minimum atomic E-state index is -0.468. The molecule has 1 fully saturated rings. The Balaban J connectivity index is 1.68. The summed E-state index contributed by atoms with van der Waals surface area (Å²) in [5.41, 5.74) is 0.543. The molecule has 0 bridgehead atoms. The predicted molar refractivity (Wildman–Crippen MR) is 88.5 cm³/mol. The summed E-state index contributed by atoms with van der Waals surface area (Å²) in [5, 5.41) is 9.43. The van der Waals surface area contributed by atoms with Crippen LogP contribution in [-0.2, 0) is 10.5 Å². The van der Waals surface area contributed by atoms with Crippen LogP contribution in [0.2, 0.25) is 0 Å². The van der Waals surface area contributed by atoms with Crippen molar-refractivity contribution in [2.75, 3.05) is 6.54 Å². The lowest BCUT2D eigenvalue weighted by Crippen LogP contribution is -2.50. The van der Waals surface area contributed by atoms with Crippen molar-refractivity contribution >= 4 is 23.6 Å². The van der Waals surface area contributed by atoms with Gasteiger partial charge in [-0.1, -0.05) is 17.3 Å². The van der Waals surface area contributed by atoms with Crippen LogP contribution in [0, 0.1) is 6.92 Å². The first-order valence-corrected chi connectivity index (χ1v) is 8.71. The van der Waals surface area contributed by atoms with Crippen LogP contribution in [0.1, 0.15) is 34.9 Å². The molecule has 126 valence electrons. The second-order valence-corrected chi connectivity index (χ2v) is 6.49. The predicted octanol–water partition coefficient (Wildman–Crippen LogP) is 1.68. The van der Waals surface area contributed by atoms with Gasteiger partial charge in [0.05, 0.1) is 11.3 Å². The number of nitrogens with zero attached hydrogens (tertiary/aromatic N) is 2. The number of aromatic nitrogens is 2. The van der Waals surface area contributed by atoms with E-state index in [1.807, 2.05) is 12.1 Å². The van der Waals surface area contributed by atoms with Crippen molar-refractivity contribution in [3.05, 3.63) is 41.5 Å². The fraction of sp³-hybridized carbons (Fsp3) is 0.375. The molecule has 2 heterocycles. The van der Waals surface area contributed by atoms with Crippen molar-refractivity contribution in [1.82, 2.24) is 20.8 Å². The van der Waals surface area contributed by atoms with Crippen LogP contribution in [0.3, 0.4) is 0 Å². The molecule has 24 heavy (non-hydrogen) atoms. The van der Waals surface area contributed by atoms with Crippen LogP contribution in [-0.4, -0.2) is 34.5 Å². The molecule has 1 aromatic carbocycles. The molecule has 8 heteroatoms. The van der Waals surface area contributed by atoms with E-state index in [9.17, 15) is 9.59 Å². The number of thioether (sulfide) groups is 1. The van der Waals surface area contributed by atoms with Gasteiger partial charge in [0.25, 0.3) is 5.91 Å². The summed E-state index contributed by atoms with van der Waals surface area (Å²) in [4.78, 5) is 29.3. The van der Waals surface area contributed by atoms with Crippen LogP contribution in [0.25, 0.3) is 0 Å². The SMILES string of the molecule is Cc1nc(CSc2ccccc2C(=O)N[C@H]2CCCNC2=O)no1. The Kier molecular flexibility index (Phi) is 5.14. The Hall–Kier alpha value is -2.35. The highest BCUT2D eigenvalue weighted by molar-refractivity contribution is 7.98. The topological polar surface area (TPSA) is 97.1 Å². The van der Waals surface area contributed by atoms with Gasteiger partial charge in [-0.15, -0.1) is 11.8 Å². The Morgan fingerprint density at radius 1 is 1.46 bits per heavy atom. The molecule has 1 saturated heterocycles. The fourth-order valence-corrected chi connectivity index (χ4v) is 3.36. The summed E-state index contributed by atoms with van der Waals surface area (Å²) in [6.45, 7) is 2.40. The maximum absolute atomic E-state index is 12.5. The van der Waals surface area contributed by atoms with Gasteiger partial charge in [0.2, 0.25) is 11.8 Å². The number of carbonyl (C=O) groups is 2. The van der Waals surface area contributed by atoms with E-state index in [-0.39, 0.29) is 11.8 Å². The molecule has 0 radical (unpaired) electrons. The third-order valence-corrected chi connectivity index (χ3v) is 4.72. The number of carbonyl (C=O) groups excluding carboxylic acids is 2. The maximum atomic E-state index is 12.5. The number of hydrogen-bond acceptors (Lipinski definition) is 6. The molecule has 2 N–H and O–H groups in total. The van der Waals surface area contributed by atoms with Gasteiger partial charge in [-0.25, -0.2) is 0 Å². The molecule has 1 aromatic heterocycles. The molecule has 1 atom stereocenters. The quantitative estimate of drug-likeness (QED) is 0.800. The first-order chi connectivity index (χ1) is 11.6. The molecule has 2 amide bonds. The van der Waals surface area contributed by atoms with Crippen LogP contribution in [0.15, 0.2) is 33.7 Å². The standard InChI is InChI=1S/C16H18N4O3S/c1-10-18-14(20-23-10)9-24-13-7-3-2-5-11(13)15(21)19-12-6-4-8-17-16(12)22/h2-3,5,7,12H,4,6,8-9H2,1H3,(H,17,22)(H,19,21)/t12-/m0/s1. The molecule has 3 rings (SSSR count). The monoisotopic (exact) mass is 346 g/mol. The average molecular weight is 346 g/mol. The van der Waals surface area contributed by atoms with E-state index in [0.29, 0.717) is 36.0 Å². The minimum Gasteiger partial charge on any atom is -0.354 e. The van der Waals surface area contributed by atoms with Crippen LogP contribution < -0.4 is 10.6 Å². The van der Waals surface area contributed by atoms with Crippen molar-refractivity contribution in [2.24, 2.45) is 0 Å². The lowest BCUT2D eigenvalue weighted by molar-refractivity contribution is -0.124. The van der Waals surface area contributed by atoms with Crippen molar-refractivity contribution in [3.63, 3.8) is 0 Å². The fourth-order valence-electron chi connectivity index (χ4n) is 2.47. The number of nitrogens with one attached hydrogen (secondary N) is 2. The number of benzene rings is 1. The molecule has 0 spiro atoms. The van der Waals surface area contributed by atoms with Gasteiger partial charge in [0.15, 0.2) is 5.82 Å². The molecular weight excluding hydrogens is 328 g/mol. The summed E-state index contributed by atoms with van der Waals surface area (Å²) < 4.78 is 4.94. The third kappa shape index (κ3) is 3.94. The summed E-state index contributed by atoms with van der Waals surface area (Å²) >= 11 is 1.46. The van der Waals surface area contributed by atoms with Gasteiger partial charge in [0, 0.05) is 18.4 Å². The van der Waals surface area contributed by atoms with Gasteiger partial charge in [-0.2, -0.15) is 4.98 Å². The van der Waals surface area contributed by atoms with Gasteiger partial charge in [-0.05, 0) is 25.0 Å². The van der Waals surface area contributed by atoms with E-state index in [4.69, 9.17) is 4.52 Å².